The highest BCUT2D eigenvalue weighted by Gasteiger charge is 2.24. The van der Waals surface area contributed by atoms with Crippen molar-refractivity contribution in [2.45, 2.75) is 6.92 Å². The third-order valence-electron chi connectivity index (χ3n) is 4.17. The number of nitrogens with two attached hydrogens (primary N) is 1. The summed E-state index contributed by atoms with van der Waals surface area (Å²) < 4.78 is 13.4. The topological polar surface area (TPSA) is 79.5 Å². The number of hydrogen-bond donors (Lipinski definition) is 1. The van der Waals surface area contributed by atoms with Gasteiger partial charge in [-0.3, -0.25) is 19.5 Å². The van der Waals surface area contributed by atoms with Crippen molar-refractivity contribution in [3.05, 3.63) is 41.3 Å². The van der Waals surface area contributed by atoms with Crippen LogP contribution in [0.5, 0.6) is 0 Å². The highest BCUT2D eigenvalue weighted by Crippen LogP contribution is 2.21. The van der Waals surface area contributed by atoms with E-state index in [1.165, 1.54) is 12.1 Å². The maximum atomic E-state index is 13.4. The van der Waals surface area contributed by atoms with Crippen LogP contribution in [0.2, 0.25) is 0 Å². The van der Waals surface area contributed by atoms with Crippen LogP contribution >= 0.6 is 0 Å². The van der Waals surface area contributed by atoms with Gasteiger partial charge < -0.3 is 10.6 Å². The molecule has 0 saturated carbocycles. The number of carbonyl (C=O) groups is 2. The molecule has 2 amide bonds. The van der Waals surface area contributed by atoms with Crippen LogP contribution in [-0.4, -0.2) is 59.3 Å². The molecule has 7 heteroatoms. The van der Waals surface area contributed by atoms with Crippen molar-refractivity contribution < 1.29 is 14.0 Å². The zero-order valence-corrected chi connectivity index (χ0v) is 13.5. The monoisotopic (exact) mass is 330 g/mol. The number of halogens is 1. The van der Waals surface area contributed by atoms with Gasteiger partial charge in [0.25, 0.3) is 5.91 Å². The third-order valence-corrected chi connectivity index (χ3v) is 4.17. The van der Waals surface area contributed by atoms with E-state index in [-0.39, 0.29) is 24.2 Å². The summed E-state index contributed by atoms with van der Waals surface area (Å²) in [4.78, 5) is 31.8. The lowest BCUT2D eigenvalue weighted by Crippen LogP contribution is -2.50. The fourth-order valence-electron chi connectivity index (χ4n) is 3.01. The molecular weight excluding hydrogens is 311 g/mol. The Morgan fingerprint density at radius 2 is 1.92 bits per heavy atom. The Labute approximate surface area is 139 Å². The molecule has 126 valence electrons. The van der Waals surface area contributed by atoms with Crippen molar-refractivity contribution in [2.24, 2.45) is 5.73 Å². The number of hydrogen-bond acceptors (Lipinski definition) is 4. The van der Waals surface area contributed by atoms with Crippen LogP contribution in [0.25, 0.3) is 10.9 Å². The number of nitrogens with zero attached hydrogens (tertiary/aromatic N) is 3. The van der Waals surface area contributed by atoms with Gasteiger partial charge in [-0.15, -0.1) is 0 Å². The second-order valence-electron chi connectivity index (χ2n) is 6.01. The quantitative estimate of drug-likeness (QED) is 0.908. The minimum Gasteiger partial charge on any atom is -0.369 e. The maximum absolute atomic E-state index is 13.4. The highest BCUT2D eigenvalue weighted by atomic mass is 19.1. The molecule has 6 nitrogen and oxygen atoms in total. The number of pyridine rings is 1. The predicted octanol–water partition coefficient (Wildman–Crippen LogP) is 0.925. The Balaban J connectivity index is 1.83. The molecule has 0 unspecified atom stereocenters. The van der Waals surface area contributed by atoms with E-state index in [9.17, 15) is 14.0 Å². The van der Waals surface area contributed by atoms with E-state index < -0.39 is 0 Å². The molecule has 2 N–H and O–H groups in total. The van der Waals surface area contributed by atoms with E-state index in [1.807, 2.05) is 4.90 Å². The Kier molecular flexibility index (Phi) is 4.44. The second kappa shape index (κ2) is 6.52. The largest absolute Gasteiger partial charge is 0.369 e. The molecule has 2 aromatic rings. The summed E-state index contributed by atoms with van der Waals surface area (Å²) in [6, 6.07) is 6.00. The average molecular weight is 330 g/mol. The standard InChI is InChI=1S/C17H19FN4O2/c1-11-8-14(13-3-2-12(18)9-15(13)20-11)17(24)22-6-4-21(5-7-22)10-16(19)23/h2-3,8-9H,4-7,10H2,1H3,(H2,19,23). The predicted molar refractivity (Wildman–Crippen MR) is 88.0 cm³/mol. The van der Waals surface area contributed by atoms with Gasteiger partial charge in [0.15, 0.2) is 0 Å². The molecule has 0 aliphatic carbocycles. The first-order valence-corrected chi connectivity index (χ1v) is 7.81. The number of fused-ring (bicyclic) bond motifs is 1. The van der Waals surface area contributed by atoms with Crippen LogP contribution in [-0.2, 0) is 4.79 Å². The zero-order valence-electron chi connectivity index (χ0n) is 13.5. The van der Waals surface area contributed by atoms with Crippen molar-refractivity contribution in [1.29, 1.82) is 0 Å². The summed E-state index contributed by atoms with van der Waals surface area (Å²) in [6.07, 6.45) is 0. The average Bonchev–Trinajstić information content (AvgIpc) is 2.53. The van der Waals surface area contributed by atoms with E-state index >= 15 is 0 Å². The summed E-state index contributed by atoms with van der Waals surface area (Å²) in [5.41, 5.74) is 6.88. The van der Waals surface area contributed by atoms with E-state index in [2.05, 4.69) is 4.98 Å². The Bertz CT molecular complexity index is 795. The van der Waals surface area contributed by atoms with Crippen LogP contribution in [0.3, 0.4) is 0 Å². The van der Waals surface area contributed by atoms with Gasteiger partial charge in [-0.25, -0.2) is 4.39 Å². The number of rotatable bonds is 3. The molecule has 0 bridgehead atoms. The summed E-state index contributed by atoms with van der Waals surface area (Å²) >= 11 is 0. The molecule has 1 aromatic heterocycles. The first-order valence-electron chi connectivity index (χ1n) is 7.81. The number of primary amides is 1. The van der Waals surface area contributed by atoms with Crippen LogP contribution in [0.15, 0.2) is 24.3 Å². The lowest BCUT2D eigenvalue weighted by molar-refractivity contribution is -0.119. The molecule has 24 heavy (non-hydrogen) atoms. The van der Waals surface area contributed by atoms with Gasteiger partial charge >= 0.3 is 0 Å². The molecular formula is C17H19FN4O2. The molecule has 1 aromatic carbocycles. The van der Waals surface area contributed by atoms with Crippen molar-refractivity contribution in [3.63, 3.8) is 0 Å². The van der Waals surface area contributed by atoms with Gasteiger partial charge in [-0.1, -0.05) is 0 Å². The van der Waals surface area contributed by atoms with Gasteiger partial charge in [0.2, 0.25) is 5.91 Å². The zero-order chi connectivity index (χ0) is 17.3. The fourth-order valence-corrected chi connectivity index (χ4v) is 3.01. The second-order valence-corrected chi connectivity index (χ2v) is 6.01. The molecule has 0 spiro atoms. The van der Waals surface area contributed by atoms with E-state index in [0.717, 1.165) is 0 Å². The van der Waals surface area contributed by atoms with Crippen LogP contribution in [0.1, 0.15) is 16.1 Å². The first kappa shape index (κ1) is 16.3. The molecule has 2 heterocycles. The van der Waals surface area contributed by atoms with Gasteiger partial charge in [0.05, 0.1) is 17.6 Å². The van der Waals surface area contributed by atoms with Crippen LogP contribution in [0.4, 0.5) is 4.39 Å². The smallest absolute Gasteiger partial charge is 0.254 e. The van der Waals surface area contributed by atoms with E-state index in [4.69, 9.17) is 5.73 Å². The summed E-state index contributed by atoms with van der Waals surface area (Å²) in [5.74, 6) is -0.845. The van der Waals surface area contributed by atoms with Gasteiger partial charge in [0, 0.05) is 43.3 Å². The van der Waals surface area contributed by atoms with Crippen molar-refractivity contribution in [1.82, 2.24) is 14.8 Å². The minimum atomic E-state index is -0.376. The summed E-state index contributed by atoms with van der Waals surface area (Å²) in [7, 11) is 0. The Hall–Kier alpha value is -2.54. The van der Waals surface area contributed by atoms with Crippen molar-refractivity contribution >= 4 is 22.7 Å². The number of piperazine rings is 1. The maximum Gasteiger partial charge on any atom is 0.254 e. The lowest BCUT2D eigenvalue weighted by atomic mass is 10.1. The molecule has 0 atom stereocenters. The number of carbonyl (C=O) groups excluding carboxylic acids is 2. The van der Waals surface area contributed by atoms with Gasteiger partial charge in [-0.2, -0.15) is 0 Å². The SMILES string of the molecule is Cc1cc(C(=O)N2CCN(CC(N)=O)CC2)c2ccc(F)cc2n1. The molecule has 1 aliphatic heterocycles. The van der Waals surface area contributed by atoms with Crippen molar-refractivity contribution in [2.75, 3.05) is 32.7 Å². The minimum absolute atomic E-state index is 0.101. The molecule has 1 aliphatic rings. The first-order chi connectivity index (χ1) is 11.4. The van der Waals surface area contributed by atoms with E-state index in [0.29, 0.717) is 48.3 Å². The highest BCUT2D eigenvalue weighted by molar-refractivity contribution is 6.06. The number of aryl methyl sites for hydroxylation is 1. The molecule has 0 radical (unpaired) electrons. The van der Waals surface area contributed by atoms with E-state index in [1.54, 1.807) is 24.0 Å². The summed E-state index contributed by atoms with van der Waals surface area (Å²) in [6.45, 7) is 4.24. The summed E-state index contributed by atoms with van der Waals surface area (Å²) in [5, 5.41) is 0.645. The normalized spacial score (nSPS) is 15.7. The van der Waals surface area contributed by atoms with Crippen molar-refractivity contribution in [3.8, 4) is 0 Å². The Morgan fingerprint density at radius 1 is 1.21 bits per heavy atom. The van der Waals surface area contributed by atoms with Crippen LogP contribution < -0.4 is 5.73 Å². The number of benzene rings is 1. The molecule has 1 saturated heterocycles. The number of amides is 2. The molecule has 1 fully saturated rings. The van der Waals surface area contributed by atoms with Gasteiger partial charge in [-0.05, 0) is 25.1 Å². The van der Waals surface area contributed by atoms with Gasteiger partial charge in [0.1, 0.15) is 5.82 Å². The molecule has 3 rings (SSSR count). The Morgan fingerprint density at radius 3 is 2.58 bits per heavy atom. The van der Waals surface area contributed by atoms with Crippen LogP contribution in [0, 0.1) is 12.7 Å². The third kappa shape index (κ3) is 3.35. The lowest BCUT2D eigenvalue weighted by Gasteiger charge is -2.34. The number of aromatic nitrogens is 1. The fraction of sp³-hybridized carbons (Fsp3) is 0.353.